The van der Waals surface area contributed by atoms with E-state index in [4.69, 9.17) is 11.6 Å². The highest BCUT2D eigenvalue weighted by Gasteiger charge is 2.25. The van der Waals surface area contributed by atoms with E-state index >= 15 is 0 Å². The topological polar surface area (TPSA) is 89.2 Å². The van der Waals surface area contributed by atoms with Crippen LogP contribution >= 0.6 is 43.5 Å². The number of rotatable bonds is 7. The number of alkyl halides is 2. The van der Waals surface area contributed by atoms with Gasteiger partial charge in [0.2, 0.25) is 0 Å². The molecular formula is C23H22Br2ClF2N5O2S. The normalized spacial score (nSPS) is 11.6. The number of nitrogens with zero attached hydrogens (tertiary/aromatic N) is 4. The van der Waals surface area contributed by atoms with Crippen LogP contribution in [-0.4, -0.2) is 37.1 Å². The first-order valence-electron chi connectivity index (χ1n) is 10.7. The van der Waals surface area contributed by atoms with Crippen molar-refractivity contribution in [2.75, 3.05) is 5.32 Å². The molecule has 1 aromatic carbocycles. The van der Waals surface area contributed by atoms with Gasteiger partial charge >= 0.3 is 0 Å². The molecule has 2 heterocycles. The van der Waals surface area contributed by atoms with Crippen molar-refractivity contribution in [2.45, 2.75) is 44.6 Å². The molecule has 0 radical (unpaired) electrons. The Morgan fingerprint density at radius 3 is 2.39 bits per heavy atom. The van der Waals surface area contributed by atoms with Gasteiger partial charge in [-0.1, -0.05) is 65.9 Å². The fourth-order valence-corrected chi connectivity index (χ4v) is 6.64. The van der Waals surface area contributed by atoms with Crippen molar-refractivity contribution >= 4 is 71.7 Å². The van der Waals surface area contributed by atoms with E-state index in [1.807, 2.05) is 27.7 Å². The van der Waals surface area contributed by atoms with Crippen molar-refractivity contribution in [1.82, 2.24) is 14.8 Å². The van der Waals surface area contributed by atoms with Crippen LogP contribution in [0, 0.1) is 0 Å². The molecule has 0 atom stereocenters. The Morgan fingerprint density at radius 1 is 1.14 bits per heavy atom. The molecule has 0 aliphatic rings. The van der Waals surface area contributed by atoms with Gasteiger partial charge in [0.1, 0.15) is 11.4 Å². The summed E-state index contributed by atoms with van der Waals surface area (Å²) in [6.45, 7) is 7.96. The van der Waals surface area contributed by atoms with Crippen LogP contribution in [0.5, 0.6) is 0 Å². The Kier molecular flexibility index (Phi) is 9.53. The first-order valence-corrected chi connectivity index (χ1v) is 13.9. The average Bonchev–Trinajstić information content (AvgIpc) is 3.24. The van der Waals surface area contributed by atoms with E-state index in [1.54, 1.807) is 18.2 Å². The summed E-state index contributed by atoms with van der Waals surface area (Å²) in [7, 11) is -0.550. The molecule has 0 spiro atoms. The minimum absolute atomic E-state index is 0.00953. The van der Waals surface area contributed by atoms with Gasteiger partial charge in [-0.2, -0.15) is 9.46 Å². The molecule has 0 bridgehead atoms. The van der Waals surface area contributed by atoms with Crippen molar-refractivity contribution in [3.8, 4) is 5.82 Å². The van der Waals surface area contributed by atoms with Crippen LogP contribution in [0.1, 0.15) is 60.7 Å². The minimum Gasteiger partial charge on any atom is -0.319 e. The second kappa shape index (κ2) is 12.0. The molecule has 0 saturated carbocycles. The second-order valence-electron chi connectivity index (χ2n) is 8.08. The summed E-state index contributed by atoms with van der Waals surface area (Å²) in [6.07, 6.45) is -1.53. The third-order valence-electron chi connectivity index (χ3n) is 4.80. The lowest BCUT2D eigenvalue weighted by molar-refractivity contribution is 0.101. The summed E-state index contributed by atoms with van der Waals surface area (Å²) in [5.41, 5.74) is -0.577. The van der Waals surface area contributed by atoms with E-state index in [2.05, 4.69) is 51.6 Å². The number of anilines is 1. The van der Waals surface area contributed by atoms with E-state index in [1.165, 1.54) is 12.3 Å². The Hall–Kier alpha value is -2.02. The molecule has 0 saturated heterocycles. The molecule has 7 nitrogen and oxygen atoms in total. The number of nitrogens with one attached hydrogen (secondary N) is 1. The van der Waals surface area contributed by atoms with Crippen molar-refractivity contribution in [1.29, 1.82) is 0 Å². The van der Waals surface area contributed by atoms with Gasteiger partial charge in [-0.05, 0) is 46.3 Å². The lowest BCUT2D eigenvalue weighted by atomic mass is 10.1. The van der Waals surface area contributed by atoms with E-state index in [0.717, 1.165) is 10.7 Å². The molecule has 0 aliphatic heterocycles. The standard InChI is InChI=1S/C23H22Br2ClF2N5O2S/c1-11(2)36(12(3)4)32-22(34)14-8-13(24)9-15(25)19(14)30-23(35)18-10-17(20(27)28)31-33(18)21-16(26)6-5-7-29-21/h5-12,20H,1-4H3,(H,30,35). The SMILES string of the molecule is CC(C)S(=NC(=O)c1cc(Br)cc(Br)c1NC(=O)c1cc(C(F)F)nn1-c1ncccc1Cl)C(C)C. The third-order valence-corrected chi connectivity index (χ3v) is 8.49. The van der Waals surface area contributed by atoms with Crippen LogP contribution in [0.15, 0.2) is 49.8 Å². The summed E-state index contributed by atoms with van der Waals surface area (Å²) in [5, 5.41) is 6.89. The highest BCUT2D eigenvalue weighted by Crippen LogP contribution is 2.33. The van der Waals surface area contributed by atoms with Crippen LogP contribution in [-0.2, 0) is 10.7 Å². The zero-order valence-corrected chi connectivity index (χ0v) is 24.3. The van der Waals surface area contributed by atoms with Crippen LogP contribution in [0.4, 0.5) is 14.5 Å². The predicted molar refractivity (Wildman–Crippen MR) is 146 cm³/mol. The maximum Gasteiger partial charge on any atom is 0.285 e. The molecule has 3 rings (SSSR count). The van der Waals surface area contributed by atoms with Crippen molar-refractivity contribution in [3.63, 3.8) is 0 Å². The van der Waals surface area contributed by atoms with Crippen LogP contribution in [0.2, 0.25) is 5.02 Å². The second-order valence-corrected chi connectivity index (χ2v) is 13.0. The Labute approximate surface area is 231 Å². The largest absolute Gasteiger partial charge is 0.319 e. The predicted octanol–water partition coefficient (Wildman–Crippen LogP) is 7.39. The van der Waals surface area contributed by atoms with Crippen molar-refractivity contribution in [2.24, 2.45) is 4.36 Å². The lowest BCUT2D eigenvalue weighted by Gasteiger charge is -2.17. The number of carbonyl (C=O) groups is 2. The first kappa shape index (κ1) is 28.5. The van der Waals surface area contributed by atoms with Gasteiger partial charge in [0.15, 0.2) is 5.82 Å². The quantitative estimate of drug-likeness (QED) is 0.285. The summed E-state index contributed by atoms with van der Waals surface area (Å²) in [5.74, 6) is -1.29. The van der Waals surface area contributed by atoms with Crippen LogP contribution in [0.25, 0.3) is 5.82 Å². The maximum absolute atomic E-state index is 13.5. The van der Waals surface area contributed by atoms with Gasteiger partial charge in [-0.15, -0.1) is 0 Å². The van der Waals surface area contributed by atoms with Crippen molar-refractivity contribution in [3.05, 3.63) is 67.4 Å². The summed E-state index contributed by atoms with van der Waals surface area (Å²) < 4.78 is 33.3. The lowest BCUT2D eigenvalue weighted by Crippen LogP contribution is -2.20. The van der Waals surface area contributed by atoms with Crippen molar-refractivity contribution < 1.29 is 18.4 Å². The highest BCUT2D eigenvalue weighted by atomic mass is 79.9. The molecule has 36 heavy (non-hydrogen) atoms. The fourth-order valence-electron chi connectivity index (χ4n) is 3.31. The smallest absolute Gasteiger partial charge is 0.285 e. The van der Waals surface area contributed by atoms with Gasteiger partial charge in [-0.3, -0.25) is 9.59 Å². The van der Waals surface area contributed by atoms with Gasteiger partial charge in [0.25, 0.3) is 18.2 Å². The minimum atomic E-state index is -2.93. The number of benzene rings is 1. The molecule has 2 aromatic heterocycles. The van der Waals surface area contributed by atoms with E-state index in [9.17, 15) is 18.4 Å². The highest BCUT2D eigenvalue weighted by molar-refractivity contribution is 9.11. The monoisotopic (exact) mass is 663 g/mol. The molecule has 192 valence electrons. The number of halogens is 5. The molecule has 0 aliphatic carbocycles. The number of hydrogen-bond acceptors (Lipinski definition) is 4. The van der Waals surface area contributed by atoms with Crippen LogP contribution < -0.4 is 5.32 Å². The molecule has 0 fully saturated rings. The van der Waals surface area contributed by atoms with Gasteiger partial charge < -0.3 is 5.32 Å². The Morgan fingerprint density at radius 2 is 1.81 bits per heavy atom. The number of hydrogen-bond donors (Lipinski definition) is 1. The number of carbonyl (C=O) groups excluding carboxylic acids is 2. The van der Waals surface area contributed by atoms with Gasteiger partial charge in [0.05, 0.1) is 16.3 Å². The Bertz CT molecular complexity index is 1340. The van der Waals surface area contributed by atoms with Gasteiger partial charge in [0, 0.05) is 25.6 Å². The Balaban J connectivity index is 2.09. The van der Waals surface area contributed by atoms with Crippen LogP contribution in [0.3, 0.4) is 0 Å². The molecule has 13 heteroatoms. The zero-order valence-electron chi connectivity index (χ0n) is 19.6. The zero-order chi connectivity index (χ0) is 26.7. The molecule has 3 aromatic rings. The third kappa shape index (κ3) is 6.45. The fraction of sp³-hybridized carbons (Fsp3) is 0.304. The summed E-state index contributed by atoms with van der Waals surface area (Å²) in [6, 6.07) is 7.21. The average molecular weight is 666 g/mol. The number of amides is 2. The van der Waals surface area contributed by atoms with E-state index in [-0.39, 0.29) is 38.3 Å². The summed E-state index contributed by atoms with van der Waals surface area (Å²) >= 11 is 12.9. The number of aromatic nitrogens is 3. The summed E-state index contributed by atoms with van der Waals surface area (Å²) in [4.78, 5) is 30.7. The molecule has 2 amide bonds. The number of pyridine rings is 1. The molecule has 0 unspecified atom stereocenters. The van der Waals surface area contributed by atoms with Gasteiger partial charge in [-0.25, -0.2) is 18.4 Å². The van der Waals surface area contributed by atoms with E-state index in [0.29, 0.717) is 8.95 Å². The first-order chi connectivity index (χ1) is 16.9. The molecule has 1 N–H and O–H groups in total. The van der Waals surface area contributed by atoms with E-state index < -0.39 is 34.6 Å². The maximum atomic E-state index is 13.5. The molecular weight excluding hydrogens is 644 g/mol.